The number of carbonyl (C=O) groups excluding carboxylic acids is 1. The molecular weight excluding hydrogens is 212 g/mol. The van der Waals surface area contributed by atoms with Gasteiger partial charge >= 0.3 is 5.97 Å². The van der Waals surface area contributed by atoms with E-state index in [2.05, 4.69) is 15.4 Å². The number of carbonyl (C=O) groups is 2. The highest BCUT2D eigenvalue weighted by Gasteiger charge is 2.50. The standard InChI is InChI=1S/C9H12N4O3/c10-7(14)5-1-2-6(3-5)9(8(15)16)4-11-13-12-9/h4-6H,1-3H2,(H2,10,14)(H,15,16). The molecule has 0 radical (unpaired) electrons. The molecule has 0 aromatic carbocycles. The third kappa shape index (κ3) is 1.48. The zero-order valence-corrected chi connectivity index (χ0v) is 8.54. The first kappa shape index (κ1) is 10.7. The molecule has 0 bridgehead atoms. The smallest absolute Gasteiger partial charge is 0.339 e. The maximum atomic E-state index is 11.2. The Labute approximate surface area is 91.4 Å². The average molecular weight is 224 g/mol. The molecule has 0 spiro atoms. The van der Waals surface area contributed by atoms with Gasteiger partial charge in [0.1, 0.15) is 0 Å². The molecule has 0 aromatic heterocycles. The first-order valence-corrected chi connectivity index (χ1v) is 5.05. The minimum atomic E-state index is -1.38. The topological polar surface area (TPSA) is 117 Å². The van der Waals surface area contributed by atoms with Crippen molar-refractivity contribution in [2.24, 2.45) is 33.0 Å². The van der Waals surface area contributed by atoms with Crippen LogP contribution >= 0.6 is 0 Å². The number of carboxylic acid groups (broad SMARTS) is 1. The quantitative estimate of drug-likeness (QED) is 0.710. The Morgan fingerprint density at radius 2 is 2.19 bits per heavy atom. The van der Waals surface area contributed by atoms with Gasteiger partial charge in [0.2, 0.25) is 11.4 Å². The Morgan fingerprint density at radius 1 is 1.44 bits per heavy atom. The Kier molecular flexibility index (Phi) is 2.45. The molecule has 1 heterocycles. The van der Waals surface area contributed by atoms with Gasteiger partial charge < -0.3 is 10.8 Å². The van der Waals surface area contributed by atoms with Crippen molar-refractivity contribution in [1.82, 2.24) is 0 Å². The Balaban J connectivity index is 2.19. The van der Waals surface area contributed by atoms with Crippen LogP contribution in [0.4, 0.5) is 0 Å². The number of rotatable bonds is 3. The van der Waals surface area contributed by atoms with Crippen molar-refractivity contribution in [3.63, 3.8) is 0 Å². The fourth-order valence-corrected chi connectivity index (χ4v) is 2.34. The lowest BCUT2D eigenvalue weighted by molar-refractivity contribution is -0.142. The molecule has 1 saturated carbocycles. The van der Waals surface area contributed by atoms with E-state index in [9.17, 15) is 14.7 Å². The van der Waals surface area contributed by atoms with Crippen LogP contribution in [0.5, 0.6) is 0 Å². The highest BCUT2D eigenvalue weighted by molar-refractivity contribution is 6.00. The summed E-state index contributed by atoms with van der Waals surface area (Å²) >= 11 is 0. The number of hydrogen-bond donors (Lipinski definition) is 2. The summed E-state index contributed by atoms with van der Waals surface area (Å²) in [6.45, 7) is 0. The average Bonchev–Trinajstić information content (AvgIpc) is 2.87. The van der Waals surface area contributed by atoms with E-state index in [1.165, 1.54) is 6.21 Å². The minimum Gasteiger partial charge on any atom is -0.479 e. The Morgan fingerprint density at radius 3 is 2.62 bits per heavy atom. The van der Waals surface area contributed by atoms with Gasteiger partial charge in [-0.3, -0.25) is 4.79 Å². The van der Waals surface area contributed by atoms with E-state index in [4.69, 9.17) is 5.73 Å². The molecular formula is C9H12N4O3. The summed E-state index contributed by atoms with van der Waals surface area (Å²) in [4.78, 5) is 22.2. The van der Waals surface area contributed by atoms with Crippen molar-refractivity contribution < 1.29 is 14.7 Å². The molecule has 2 rings (SSSR count). The largest absolute Gasteiger partial charge is 0.479 e. The molecule has 1 aliphatic carbocycles. The van der Waals surface area contributed by atoms with Crippen molar-refractivity contribution >= 4 is 18.1 Å². The molecule has 0 aromatic rings. The van der Waals surface area contributed by atoms with Crippen molar-refractivity contribution in [3.8, 4) is 0 Å². The normalized spacial score (nSPS) is 36.8. The molecule has 7 nitrogen and oxygen atoms in total. The van der Waals surface area contributed by atoms with Crippen LogP contribution in [0.15, 0.2) is 15.4 Å². The third-order valence-electron chi connectivity index (χ3n) is 3.32. The van der Waals surface area contributed by atoms with E-state index in [1.807, 2.05) is 0 Å². The lowest BCUT2D eigenvalue weighted by Crippen LogP contribution is -2.43. The molecule has 16 heavy (non-hydrogen) atoms. The van der Waals surface area contributed by atoms with E-state index in [1.54, 1.807) is 0 Å². The highest BCUT2D eigenvalue weighted by atomic mass is 16.4. The first-order valence-electron chi connectivity index (χ1n) is 5.05. The number of nitrogens with two attached hydrogens (primary N) is 1. The van der Waals surface area contributed by atoms with Crippen molar-refractivity contribution in [2.75, 3.05) is 0 Å². The molecule has 2 aliphatic rings. The Bertz CT molecular complexity index is 378. The zero-order valence-electron chi connectivity index (χ0n) is 8.54. The van der Waals surface area contributed by atoms with Gasteiger partial charge in [0.05, 0.1) is 6.21 Å². The summed E-state index contributed by atoms with van der Waals surface area (Å²) in [7, 11) is 0. The highest BCUT2D eigenvalue weighted by Crippen LogP contribution is 2.40. The summed E-state index contributed by atoms with van der Waals surface area (Å²) in [5.74, 6) is -1.97. The molecule has 3 N–H and O–H groups in total. The molecule has 3 atom stereocenters. The molecule has 7 heteroatoms. The van der Waals surface area contributed by atoms with Gasteiger partial charge in [-0.2, -0.15) is 0 Å². The van der Waals surface area contributed by atoms with Gasteiger partial charge in [0.25, 0.3) is 0 Å². The van der Waals surface area contributed by atoms with Crippen molar-refractivity contribution in [2.45, 2.75) is 24.8 Å². The van der Waals surface area contributed by atoms with Gasteiger partial charge in [-0.1, -0.05) is 0 Å². The van der Waals surface area contributed by atoms with Crippen LogP contribution in [-0.4, -0.2) is 28.7 Å². The van der Waals surface area contributed by atoms with E-state index in [0.717, 1.165) is 0 Å². The molecule has 1 aliphatic heterocycles. The van der Waals surface area contributed by atoms with E-state index in [0.29, 0.717) is 19.3 Å². The van der Waals surface area contributed by atoms with Gasteiger partial charge in [-0.25, -0.2) is 4.79 Å². The van der Waals surface area contributed by atoms with Gasteiger partial charge in [0.15, 0.2) is 0 Å². The third-order valence-corrected chi connectivity index (χ3v) is 3.32. The molecule has 1 amide bonds. The zero-order chi connectivity index (χ0) is 11.8. The van der Waals surface area contributed by atoms with Gasteiger partial charge in [0, 0.05) is 11.8 Å². The van der Waals surface area contributed by atoms with Crippen LogP contribution < -0.4 is 5.73 Å². The summed E-state index contributed by atoms with van der Waals surface area (Å²) in [5, 5.41) is 19.8. The van der Waals surface area contributed by atoms with Crippen LogP contribution in [-0.2, 0) is 9.59 Å². The van der Waals surface area contributed by atoms with Crippen LogP contribution in [0, 0.1) is 11.8 Å². The van der Waals surface area contributed by atoms with Crippen LogP contribution in [0.2, 0.25) is 0 Å². The lowest BCUT2D eigenvalue weighted by atomic mass is 9.84. The summed E-state index contributed by atoms with van der Waals surface area (Å²) in [6.07, 6.45) is 2.89. The number of carboxylic acids is 1. The fourth-order valence-electron chi connectivity index (χ4n) is 2.34. The van der Waals surface area contributed by atoms with Gasteiger partial charge in [-0.15, -0.1) is 10.2 Å². The second kappa shape index (κ2) is 3.66. The summed E-state index contributed by atoms with van der Waals surface area (Å²) in [6, 6.07) is 0. The first-order chi connectivity index (χ1) is 7.56. The monoisotopic (exact) mass is 224 g/mol. The predicted molar refractivity (Wildman–Crippen MR) is 53.7 cm³/mol. The van der Waals surface area contributed by atoms with Crippen LogP contribution in [0.3, 0.4) is 0 Å². The number of primary amides is 1. The lowest BCUT2D eigenvalue weighted by Gasteiger charge is -2.22. The maximum Gasteiger partial charge on any atom is 0.339 e. The fraction of sp³-hybridized carbons (Fsp3) is 0.667. The summed E-state index contributed by atoms with van der Waals surface area (Å²) in [5.41, 5.74) is 3.82. The van der Waals surface area contributed by atoms with Crippen molar-refractivity contribution in [1.29, 1.82) is 0 Å². The number of amides is 1. The molecule has 3 unspecified atom stereocenters. The molecule has 0 saturated heterocycles. The minimum absolute atomic E-state index is 0.252. The number of aliphatic carboxylic acids is 1. The predicted octanol–water partition coefficient (Wildman–Crippen LogP) is 0.163. The van der Waals surface area contributed by atoms with Gasteiger partial charge in [-0.05, 0) is 24.5 Å². The van der Waals surface area contributed by atoms with E-state index in [-0.39, 0.29) is 17.7 Å². The van der Waals surface area contributed by atoms with Crippen LogP contribution in [0.1, 0.15) is 19.3 Å². The second-order valence-corrected chi connectivity index (χ2v) is 4.17. The van der Waals surface area contributed by atoms with E-state index >= 15 is 0 Å². The summed E-state index contributed by atoms with van der Waals surface area (Å²) < 4.78 is 0. The molecule has 1 fully saturated rings. The number of hydrogen-bond acceptors (Lipinski definition) is 5. The Hall–Kier alpha value is -1.79. The van der Waals surface area contributed by atoms with E-state index < -0.39 is 11.5 Å². The van der Waals surface area contributed by atoms with Crippen molar-refractivity contribution in [3.05, 3.63) is 0 Å². The maximum absolute atomic E-state index is 11.2. The van der Waals surface area contributed by atoms with Crippen LogP contribution in [0.25, 0.3) is 0 Å². The number of nitrogens with zero attached hydrogens (tertiary/aromatic N) is 3. The second-order valence-electron chi connectivity index (χ2n) is 4.17. The molecule has 86 valence electrons. The SMILES string of the molecule is NC(=O)C1CCC(C2(C(=O)O)C=NN=N2)C1.